The third kappa shape index (κ3) is 3.90. The molecular formula is C22H31N3O2. The number of methoxy groups -OCH3 is 1. The lowest BCUT2D eigenvalue weighted by molar-refractivity contribution is -0.140. The first-order valence-electron chi connectivity index (χ1n) is 10.1. The minimum atomic E-state index is 0.259. The van der Waals surface area contributed by atoms with Gasteiger partial charge in [0.25, 0.3) is 0 Å². The number of hydrogen-bond acceptors (Lipinski definition) is 3. The summed E-state index contributed by atoms with van der Waals surface area (Å²) in [6.07, 6.45) is 6.29. The summed E-state index contributed by atoms with van der Waals surface area (Å²) in [4.78, 5) is 16.9. The number of benzene rings is 1. The molecule has 5 heteroatoms. The summed E-state index contributed by atoms with van der Waals surface area (Å²) in [6, 6.07) is 8.99. The van der Waals surface area contributed by atoms with Gasteiger partial charge in [-0.15, -0.1) is 0 Å². The van der Waals surface area contributed by atoms with E-state index >= 15 is 0 Å². The molecule has 2 aliphatic rings. The number of amides is 1. The summed E-state index contributed by atoms with van der Waals surface area (Å²) in [5.41, 5.74) is 2.94. The second kappa shape index (κ2) is 7.64. The molecule has 2 fully saturated rings. The van der Waals surface area contributed by atoms with E-state index in [1.807, 2.05) is 4.90 Å². The van der Waals surface area contributed by atoms with Crippen molar-refractivity contribution in [3.05, 3.63) is 36.0 Å². The molecule has 27 heavy (non-hydrogen) atoms. The number of aromatic nitrogens is 1. The van der Waals surface area contributed by atoms with Crippen LogP contribution in [-0.2, 0) is 23.1 Å². The van der Waals surface area contributed by atoms with Crippen molar-refractivity contribution in [1.29, 1.82) is 0 Å². The van der Waals surface area contributed by atoms with Crippen molar-refractivity contribution in [2.45, 2.75) is 32.2 Å². The van der Waals surface area contributed by atoms with E-state index in [2.05, 4.69) is 47.0 Å². The van der Waals surface area contributed by atoms with E-state index in [1.165, 1.54) is 29.3 Å². The topological polar surface area (TPSA) is 37.7 Å². The number of carbonyl (C=O) groups excluding carboxylic acids is 1. The quantitative estimate of drug-likeness (QED) is 0.813. The normalized spacial score (nSPS) is 24.2. The standard InChI is InChI=1S/C22H31N3O2/c1-23-11-7-19-5-4-18(14-20(19)23)15-24-10-3-8-22(16-24)9-6-21(26)25(17-22)12-13-27-2/h4-5,7,11,14H,3,6,8-10,12-13,15-17H2,1-2H3/t22-/m1/s1. The van der Waals surface area contributed by atoms with E-state index in [0.717, 1.165) is 39.1 Å². The fourth-order valence-corrected chi connectivity index (χ4v) is 4.95. The van der Waals surface area contributed by atoms with Crippen molar-refractivity contribution in [2.75, 3.05) is 39.9 Å². The molecule has 2 aliphatic heterocycles. The number of piperidine rings is 2. The van der Waals surface area contributed by atoms with Crippen LogP contribution in [0.4, 0.5) is 0 Å². The van der Waals surface area contributed by atoms with E-state index in [4.69, 9.17) is 4.74 Å². The Morgan fingerprint density at radius 1 is 1.19 bits per heavy atom. The van der Waals surface area contributed by atoms with Crippen molar-refractivity contribution >= 4 is 16.8 Å². The maximum Gasteiger partial charge on any atom is 0.222 e. The third-order valence-corrected chi connectivity index (χ3v) is 6.41. The Hall–Kier alpha value is -1.85. The number of ether oxygens (including phenoxy) is 1. The molecule has 1 aromatic heterocycles. The highest BCUT2D eigenvalue weighted by atomic mass is 16.5. The predicted molar refractivity (Wildman–Crippen MR) is 108 cm³/mol. The number of rotatable bonds is 5. The van der Waals surface area contributed by atoms with Crippen LogP contribution >= 0.6 is 0 Å². The fourth-order valence-electron chi connectivity index (χ4n) is 4.95. The number of aryl methyl sites for hydroxylation is 1. The van der Waals surface area contributed by atoms with Crippen LogP contribution in [0.3, 0.4) is 0 Å². The van der Waals surface area contributed by atoms with E-state index in [9.17, 15) is 4.79 Å². The summed E-state index contributed by atoms with van der Waals surface area (Å²) < 4.78 is 7.39. The molecule has 1 aromatic carbocycles. The lowest BCUT2D eigenvalue weighted by atomic mass is 9.73. The second-order valence-electron chi connectivity index (χ2n) is 8.44. The number of nitrogens with zero attached hydrogens (tertiary/aromatic N) is 3. The van der Waals surface area contributed by atoms with Crippen LogP contribution in [0.5, 0.6) is 0 Å². The van der Waals surface area contributed by atoms with Crippen LogP contribution in [-0.4, -0.2) is 60.2 Å². The Morgan fingerprint density at radius 3 is 2.93 bits per heavy atom. The van der Waals surface area contributed by atoms with Crippen molar-refractivity contribution in [3.8, 4) is 0 Å². The van der Waals surface area contributed by atoms with Gasteiger partial charge in [0.15, 0.2) is 0 Å². The maximum atomic E-state index is 12.3. The zero-order chi connectivity index (χ0) is 18.9. The molecule has 3 heterocycles. The van der Waals surface area contributed by atoms with Crippen molar-refractivity contribution in [2.24, 2.45) is 12.5 Å². The summed E-state index contributed by atoms with van der Waals surface area (Å²) in [5.74, 6) is 0.295. The average Bonchev–Trinajstić information content (AvgIpc) is 3.03. The van der Waals surface area contributed by atoms with E-state index < -0.39 is 0 Å². The highest BCUT2D eigenvalue weighted by Crippen LogP contribution is 2.39. The molecule has 0 bridgehead atoms. The van der Waals surface area contributed by atoms with E-state index in [1.54, 1.807) is 7.11 Å². The van der Waals surface area contributed by atoms with E-state index in [-0.39, 0.29) is 5.41 Å². The summed E-state index contributed by atoms with van der Waals surface area (Å²) in [7, 11) is 3.81. The van der Waals surface area contributed by atoms with Gasteiger partial charge in [-0.25, -0.2) is 0 Å². The minimum absolute atomic E-state index is 0.259. The highest BCUT2D eigenvalue weighted by molar-refractivity contribution is 5.80. The van der Waals surface area contributed by atoms with Crippen LogP contribution in [0.15, 0.2) is 30.5 Å². The van der Waals surface area contributed by atoms with Crippen LogP contribution in [0.1, 0.15) is 31.2 Å². The van der Waals surface area contributed by atoms with Gasteiger partial charge >= 0.3 is 0 Å². The summed E-state index contributed by atoms with van der Waals surface area (Å²) in [6.45, 7) is 5.48. The SMILES string of the molecule is COCCN1C[C@]2(CCCN(Cc3ccc4ccn(C)c4c3)C2)CCC1=O. The van der Waals surface area contributed by atoms with Crippen molar-refractivity contribution < 1.29 is 9.53 Å². The minimum Gasteiger partial charge on any atom is -0.383 e. The van der Waals surface area contributed by atoms with Gasteiger partial charge in [0.05, 0.1) is 6.61 Å². The smallest absolute Gasteiger partial charge is 0.222 e. The second-order valence-corrected chi connectivity index (χ2v) is 8.44. The third-order valence-electron chi connectivity index (χ3n) is 6.41. The van der Waals surface area contributed by atoms with Crippen molar-refractivity contribution in [3.63, 3.8) is 0 Å². The van der Waals surface area contributed by atoms with Gasteiger partial charge in [-0.2, -0.15) is 0 Å². The molecular weight excluding hydrogens is 338 g/mol. The Labute approximate surface area is 161 Å². The Kier molecular flexibility index (Phi) is 5.24. The molecule has 2 saturated heterocycles. The van der Waals surface area contributed by atoms with Gasteiger partial charge in [0.2, 0.25) is 5.91 Å². The van der Waals surface area contributed by atoms with Gasteiger partial charge in [-0.05, 0) is 48.9 Å². The van der Waals surface area contributed by atoms with Gasteiger partial charge in [0, 0.05) is 63.9 Å². The maximum absolute atomic E-state index is 12.3. The first-order chi connectivity index (χ1) is 13.1. The Morgan fingerprint density at radius 2 is 2.07 bits per heavy atom. The first kappa shape index (κ1) is 18.5. The van der Waals surface area contributed by atoms with Gasteiger partial charge in [0.1, 0.15) is 0 Å². The van der Waals surface area contributed by atoms with Crippen LogP contribution in [0, 0.1) is 5.41 Å². The van der Waals surface area contributed by atoms with Crippen molar-refractivity contribution in [1.82, 2.24) is 14.4 Å². The molecule has 0 saturated carbocycles. The Balaban J connectivity index is 1.45. The molecule has 1 atom stereocenters. The zero-order valence-corrected chi connectivity index (χ0v) is 16.6. The molecule has 0 radical (unpaired) electrons. The molecule has 0 unspecified atom stereocenters. The molecule has 146 valence electrons. The van der Waals surface area contributed by atoms with Gasteiger partial charge in [-0.1, -0.05) is 12.1 Å². The predicted octanol–water partition coefficient (Wildman–Crippen LogP) is 3.03. The highest BCUT2D eigenvalue weighted by Gasteiger charge is 2.41. The van der Waals surface area contributed by atoms with E-state index in [0.29, 0.717) is 18.9 Å². The molecule has 2 aromatic rings. The molecule has 4 rings (SSSR count). The monoisotopic (exact) mass is 369 g/mol. The fraction of sp³-hybridized carbons (Fsp3) is 0.591. The number of likely N-dealkylation sites (tertiary alicyclic amines) is 2. The Bertz CT molecular complexity index is 815. The lowest BCUT2D eigenvalue weighted by Gasteiger charge is -2.48. The zero-order valence-electron chi connectivity index (χ0n) is 16.6. The molecule has 1 spiro atoms. The molecule has 0 N–H and O–H groups in total. The van der Waals surface area contributed by atoms with Gasteiger partial charge in [-0.3, -0.25) is 9.69 Å². The average molecular weight is 370 g/mol. The van der Waals surface area contributed by atoms with Gasteiger partial charge < -0.3 is 14.2 Å². The number of carbonyl (C=O) groups is 1. The molecule has 5 nitrogen and oxygen atoms in total. The van der Waals surface area contributed by atoms with Crippen LogP contribution in [0.2, 0.25) is 0 Å². The van der Waals surface area contributed by atoms with Crippen LogP contribution in [0.25, 0.3) is 10.9 Å². The number of hydrogen-bond donors (Lipinski definition) is 0. The first-order valence-corrected chi connectivity index (χ1v) is 10.1. The summed E-state index contributed by atoms with van der Waals surface area (Å²) in [5, 5.41) is 1.30. The number of fused-ring (bicyclic) bond motifs is 1. The molecule has 1 amide bonds. The van der Waals surface area contributed by atoms with Crippen LogP contribution < -0.4 is 0 Å². The summed E-state index contributed by atoms with van der Waals surface area (Å²) >= 11 is 0. The largest absolute Gasteiger partial charge is 0.383 e. The molecule has 0 aliphatic carbocycles. The lowest BCUT2D eigenvalue weighted by Crippen LogP contribution is -2.54.